The fraction of sp³-hybridized carbons (Fsp3) is 0.385. The van der Waals surface area contributed by atoms with Crippen molar-refractivity contribution in [2.24, 2.45) is 0 Å². The number of rotatable bonds is 6. The lowest BCUT2D eigenvalue weighted by Crippen LogP contribution is -2.48. The van der Waals surface area contributed by atoms with Gasteiger partial charge >= 0.3 is 12.0 Å². The number of amides is 2. The number of sulfonamides is 1. The second-order valence-corrected chi connectivity index (χ2v) is 10.8. The topological polar surface area (TPSA) is 96.5 Å². The van der Waals surface area contributed by atoms with Crippen molar-refractivity contribution in [2.45, 2.75) is 18.9 Å². The normalized spacial score (nSPS) is 18.1. The maximum atomic E-state index is 13.6. The summed E-state index contributed by atoms with van der Waals surface area (Å²) in [4.78, 5) is 28.9. The summed E-state index contributed by atoms with van der Waals surface area (Å²) in [6.45, 7) is 2.76. The van der Waals surface area contributed by atoms with Crippen molar-refractivity contribution in [3.05, 3.63) is 77.5 Å². The molecule has 1 saturated heterocycles. The SMILES string of the molecule is COC(=O)c1ccc(CN(C(=O)N2CCOCC2)c2cccc(C3C=CN(S(C)(=O)=O)CC3)c2)cc1. The number of nitrogens with zero attached hydrogens (tertiary/aromatic N) is 3. The summed E-state index contributed by atoms with van der Waals surface area (Å²) >= 11 is 0. The summed E-state index contributed by atoms with van der Waals surface area (Å²) in [5.74, 6) is -0.367. The van der Waals surface area contributed by atoms with Gasteiger partial charge in [0.1, 0.15) is 0 Å². The lowest BCUT2D eigenvalue weighted by atomic mass is 9.93. The van der Waals surface area contributed by atoms with E-state index in [-0.39, 0.29) is 11.9 Å². The third-order valence-electron chi connectivity index (χ3n) is 6.41. The van der Waals surface area contributed by atoms with E-state index in [1.807, 2.05) is 42.5 Å². The first-order chi connectivity index (χ1) is 17.3. The van der Waals surface area contributed by atoms with Gasteiger partial charge in [0.15, 0.2) is 0 Å². The van der Waals surface area contributed by atoms with Gasteiger partial charge in [-0.2, -0.15) is 0 Å². The van der Waals surface area contributed by atoms with Gasteiger partial charge in [-0.05, 0) is 41.8 Å². The molecule has 1 fully saturated rings. The number of esters is 1. The van der Waals surface area contributed by atoms with E-state index in [1.54, 1.807) is 28.1 Å². The first-order valence-corrected chi connectivity index (χ1v) is 13.7. The molecule has 2 aromatic carbocycles. The third-order valence-corrected chi connectivity index (χ3v) is 7.57. The van der Waals surface area contributed by atoms with Crippen LogP contribution in [0.3, 0.4) is 0 Å². The van der Waals surface area contributed by atoms with Crippen LogP contribution in [0, 0.1) is 0 Å². The third kappa shape index (κ3) is 6.06. The van der Waals surface area contributed by atoms with Gasteiger partial charge in [0.05, 0.1) is 38.7 Å². The number of allylic oxidation sites excluding steroid dienone is 1. The molecule has 0 saturated carbocycles. The summed E-state index contributed by atoms with van der Waals surface area (Å²) in [5, 5.41) is 0. The Morgan fingerprint density at radius 3 is 2.42 bits per heavy atom. The van der Waals surface area contributed by atoms with Crippen LogP contribution >= 0.6 is 0 Å². The fourth-order valence-corrected chi connectivity index (χ4v) is 5.08. The molecule has 2 amide bonds. The number of hydrogen-bond acceptors (Lipinski definition) is 6. The minimum Gasteiger partial charge on any atom is -0.465 e. The molecule has 192 valence electrons. The predicted molar refractivity (Wildman–Crippen MR) is 136 cm³/mol. The zero-order valence-corrected chi connectivity index (χ0v) is 21.3. The van der Waals surface area contributed by atoms with Crippen LogP contribution in [0.5, 0.6) is 0 Å². The second kappa shape index (κ2) is 11.1. The molecule has 10 heteroatoms. The predicted octanol–water partition coefficient (Wildman–Crippen LogP) is 3.19. The first kappa shape index (κ1) is 25.7. The van der Waals surface area contributed by atoms with Crippen molar-refractivity contribution in [2.75, 3.05) is 51.1 Å². The molecule has 1 unspecified atom stereocenters. The average Bonchev–Trinajstić information content (AvgIpc) is 2.91. The Morgan fingerprint density at radius 2 is 1.81 bits per heavy atom. The molecular weight excluding hydrogens is 482 g/mol. The molecule has 2 aromatic rings. The second-order valence-electron chi connectivity index (χ2n) is 8.86. The number of ether oxygens (including phenoxy) is 2. The number of carbonyl (C=O) groups excluding carboxylic acids is 2. The summed E-state index contributed by atoms with van der Waals surface area (Å²) in [6, 6.07) is 14.7. The van der Waals surface area contributed by atoms with Crippen LogP contribution in [0.2, 0.25) is 0 Å². The van der Waals surface area contributed by atoms with Gasteiger partial charge in [0.25, 0.3) is 0 Å². The molecule has 0 spiro atoms. The molecule has 0 aliphatic carbocycles. The van der Waals surface area contributed by atoms with E-state index >= 15 is 0 Å². The quantitative estimate of drug-likeness (QED) is 0.551. The molecule has 0 aromatic heterocycles. The van der Waals surface area contributed by atoms with Crippen molar-refractivity contribution in [3.63, 3.8) is 0 Å². The molecule has 1 atom stereocenters. The lowest BCUT2D eigenvalue weighted by molar-refractivity contribution is 0.0548. The lowest BCUT2D eigenvalue weighted by Gasteiger charge is -2.33. The Bertz CT molecular complexity index is 1220. The molecule has 36 heavy (non-hydrogen) atoms. The van der Waals surface area contributed by atoms with Crippen LogP contribution in [-0.2, 0) is 26.0 Å². The van der Waals surface area contributed by atoms with E-state index in [2.05, 4.69) is 0 Å². The van der Waals surface area contributed by atoms with Crippen molar-refractivity contribution < 1.29 is 27.5 Å². The highest BCUT2D eigenvalue weighted by Gasteiger charge is 2.26. The molecule has 4 rings (SSSR count). The van der Waals surface area contributed by atoms with Crippen LogP contribution in [0.15, 0.2) is 60.8 Å². The Morgan fingerprint density at radius 1 is 1.08 bits per heavy atom. The first-order valence-electron chi connectivity index (χ1n) is 11.8. The maximum Gasteiger partial charge on any atom is 0.337 e. The highest BCUT2D eigenvalue weighted by Crippen LogP contribution is 2.30. The Hall–Kier alpha value is -3.37. The molecule has 2 aliphatic rings. The number of anilines is 1. The fourth-order valence-electron chi connectivity index (χ4n) is 4.36. The number of carbonyl (C=O) groups is 2. The van der Waals surface area contributed by atoms with Gasteiger partial charge in [-0.25, -0.2) is 18.0 Å². The Kier molecular flexibility index (Phi) is 7.95. The van der Waals surface area contributed by atoms with Crippen LogP contribution in [0.1, 0.15) is 33.8 Å². The number of methoxy groups -OCH3 is 1. The van der Waals surface area contributed by atoms with Gasteiger partial charge in [0, 0.05) is 37.4 Å². The van der Waals surface area contributed by atoms with Crippen molar-refractivity contribution in [3.8, 4) is 0 Å². The van der Waals surface area contributed by atoms with Gasteiger partial charge in [0.2, 0.25) is 10.0 Å². The highest BCUT2D eigenvalue weighted by atomic mass is 32.2. The maximum absolute atomic E-state index is 13.6. The van der Waals surface area contributed by atoms with E-state index in [9.17, 15) is 18.0 Å². The average molecular weight is 514 g/mol. The monoisotopic (exact) mass is 513 g/mol. The zero-order chi connectivity index (χ0) is 25.7. The van der Waals surface area contributed by atoms with Crippen molar-refractivity contribution in [1.29, 1.82) is 0 Å². The smallest absolute Gasteiger partial charge is 0.337 e. The molecule has 2 aliphatic heterocycles. The van der Waals surface area contributed by atoms with Gasteiger partial charge in [-0.3, -0.25) is 9.21 Å². The number of benzene rings is 2. The Labute approximate surface area is 211 Å². The summed E-state index contributed by atoms with van der Waals surface area (Å²) in [5.41, 5.74) is 3.08. The Balaban J connectivity index is 1.61. The van der Waals surface area contributed by atoms with Crippen LogP contribution < -0.4 is 4.90 Å². The van der Waals surface area contributed by atoms with E-state index in [4.69, 9.17) is 9.47 Å². The minimum absolute atomic E-state index is 0.0441. The summed E-state index contributed by atoms with van der Waals surface area (Å²) in [7, 11) is -1.93. The summed E-state index contributed by atoms with van der Waals surface area (Å²) in [6.07, 6.45) is 5.36. The minimum atomic E-state index is -3.27. The molecule has 0 radical (unpaired) electrons. The van der Waals surface area contributed by atoms with Gasteiger partial charge in [-0.15, -0.1) is 0 Å². The van der Waals surface area contributed by atoms with E-state index in [0.29, 0.717) is 51.4 Å². The van der Waals surface area contributed by atoms with E-state index in [1.165, 1.54) is 17.7 Å². The van der Waals surface area contributed by atoms with E-state index in [0.717, 1.165) is 16.8 Å². The van der Waals surface area contributed by atoms with Crippen molar-refractivity contribution >= 4 is 27.7 Å². The van der Waals surface area contributed by atoms with Crippen LogP contribution in [-0.4, -0.2) is 75.8 Å². The number of hydrogen-bond donors (Lipinski definition) is 0. The van der Waals surface area contributed by atoms with Crippen LogP contribution in [0.25, 0.3) is 0 Å². The molecule has 0 bridgehead atoms. The highest BCUT2D eigenvalue weighted by molar-refractivity contribution is 7.88. The number of morpholine rings is 1. The largest absolute Gasteiger partial charge is 0.465 e. The molecule has 2 heterocycles. The van der Waals surface area contributed by atoms with Crippen molar-refractivity contribution in [1.82, 2.24) is 9.21 Å². The standard InChI is InChI=1S/C26H31N3O6S/c1-34-25(30)22-8-6-20(7-9-22)19-29(26(31)27-14-16-35-17-15-27)24-5-3-4-23(18-24)21-10-12-28(13-11-21)36(2,32)33/h3-10,12,18,21H,11,13-17,19H2,1-2H3. The van der Waals surface area contributed by atoms with Crippen LogP contribution in [0.4, 0.5) is 10.5 Å². The molecule has 0 N–H and O–H groups in total. The number of urea groups is 1. The van der Waals surface area contributed by atoms with Gasteiger partial charge in [-0.1, -0.05) is 30.3 Å². The summed E-state index contributed by atoms with van der Waals surface area (Å²) < 4.78 is 35.2. The van der Waals surface area contributed by atoms with E-state index < -0.39 is 16.0 Å². The molecule has 9 nitrogen and oxygen atoms in total. The zero-order valence-electron chi connectivity index (χ0n) is 20.5. The molecular formula is C26H31N3O6S. The van der Waals surface area contributed by atoms with Gasteiger partial charge < -0.3 is 14.4 Å².